The standard InChI is InChI=1S/C14H17NO5/c1-8-5-12(19-3)9(2)4-10(8)6-15-11(13(16)17)7-20-14(15)18/h4-5,11H,6-7H2,1-3H3,(H,16,17). The molecule has 0 saturated carbocycles. The smallest absolute Gasteiger partial charge is 0.411 e. The van der Waals surface area contributed by atoms with Crippen molar-refractivity contribution in [3.8, 4) is 5.75 Å². The van der Waals surface area contributed by atoms with E-state index in [9.17, 15) is 9.59 Å². The Kier molecular flexibility index (Phi) is 3.83. The highest BCUT2D eigenvalue weighted by Gasteiger charge is 2.38. The predicted molar refractivity (Wildman–Crippen MR) is 70.8 cm³/mol. The number of aliphatic carboxylic acids is 1. The van der Waals surface area contributed by atoms with Crippen molar-refractivity contribution in [1.82, 2.24) is 4.90 Å². The summed E-state index contributed by atoms with van der Waals surface area (Å²) >= 11 is 0. The molecule has 0 bridgehead atoms. The summed E-state index contributed by atoms with van der Waals surface area (Å²) in [4.78, 5) is 24.0. The molecule has 2 rings (SSSR count). The molecule has 1 unspecified atom stereocenters. The highest BCUT2D eigenvalue weighted by Crippen LogP contribution is 2.25. The van der Waals surface area contributed by atoms with Gasteiger partial charge in [-0.1, -0.05) is 6.07 Å². The Morgan fingerprint density at radius 2 is 2.15 bits per heavy atom. The number of benzene rings is 1. The molecule has 0 aliphatic carbocycles. The molecule has 6 nitrogen and oxygen atoms in total. The van der Waals surface area contributed by atoms with Crippen LogP contribution >= 0.6 is 0 Å². The van der Waals surface area contributed by atoms with Crippen LogP contribution in [0.2, 0.25) is 0 Å². The molecule has 1 aromatic rings. The van der Waals surface area contributed by atoms with Gasteiger partial charge in [-0.15, -0.1) is 0 Å². The Morgan fingerprint density at radius 3 is 2.75 bits per heavy atom. The Bertz CT molecular complexity index is 555. The van der Waals surface area contributed by atoms with Gasteiger partial charge in [0.05, 0.1) is 13.7 Å². The van der Waals surface area contributed by atoms with Crippen LogP contribution in [0.25, 0.3) is 0 Å². The van der Waals surface area contributed by atoms with Gasteiger partial charge in [0, 0.05) is 0 Å². The Hall–Kier alpha value is -2.24. The summed E-state index contributed by atoms with van der Waals surface area (Å²) < 4.78 is 10.0. The molecule has 1 aliphatic heterocycles. The first-order valence-electron chi connectivity index (χ1n) is 6.24. The van der Waals surface area contributed by atoms with Gasteiger partial charge in [-0.25, -0.2) is 9.59 Å². The maximum atomic E-state index is 11.6. The summed E-state index contributed by atoms with van der Waals surface area (Å²) in [5, 5.41) is 9.09. The van der Waals surface area contributed by atoms with Gasteiger partial charge in [-0.2, -0.15) is 0 Å². The fraction of sp³-hybridized carbons (Fsp3) is 0.429. The third-order valence-corrected chi connectivity index (χ3v) is 3.45. The van der Waals surface area contributed by atoms with Gasteiger partial charge in [0.2, 0.25) is 0 Å². The fourth-order valence-corrected chi connectivity index (χ4v) is 2.25. The lowest BCUT2D eigenvalue weighted by Gasteiger charge is -2.20. The van der Waals surface area contributed by atoms with Gasteiger partial charge in [0.1, 0.15) is 12.4 Å². The number of rotatable bonds is 4. The number of carbonyl (C=O) groups excluding carboxylic acids is 1. The minimum absolute atomic E-state index is 0.109. The molecule has 1 amide bonds. The van der Waals surface area contributed by atoms with Crippen molar-refractivity contribution >= 4 is 12.1 Å². The fourth-order valence-electron chi connectivity index (χ4n) is 2.25. The van der Waals surface area contributed by atoms with Crippen molar-refractivity contribution in [1.29, 1.82) is 0 Å². The van der Waals surface area contributed by atoms with E-state index in [0.29, 0.717) is 0 Å². The summed E-state index contributed by atoms with van der Waals surface area (Å²) in [7, 11) is 1.60. The second kappa shape index (κ2) is 5.40. The van der Waals surface area contributed by atoms with Crippen LogP contribution in [0.15, 0.2) is 12.1 Å². The average molecular weight is 279 g/mol. The number of ether oxygens (including phenoxy) is 2. The van der Waals surface area contributed by atoms with Crippen LogP contribution in [-0.4, -0.2) is 41.8 Å². The molecule has 1 saturated heterocycles. The van der Waals surface area contributed by atoms with E-state index in [1.54, 1.807) is 7.11 Å². The van der Waals surface area contributed by atoms with Gasteiger partial charge in [0.25, 0.3) is 0 Å². The number of nitrogens with zero attached hydrogens (tertiary/aromatic N) is 1. The molecule has 0 radical (unpaired) electrons. The zero-order valence-corrected chi connectivity index (χ0v) is 11.7. The van der Waals surface area contributed by atoms with Gasteiger partial charge >= 0.3 is 12.1 Å². The van der Waals surface area contributed by atoms with Crippen molar-refractivity contribution in [2.45, 2.75) is 26.4 Å². The summed E-state index contributed by atoms with van der Waals surface area (Å²) in [6, 6.07) is 2.85. The average Bonchev–Trinajstić information content (AvgIpc) is 2.75. The molecule has 1 fully saturated rings. The van der Waals surface area contributed by atoms with E-state index < -0.39 is 18.1 Å². The highest BCUT2D eigenvalue weighted by atomic mass is 16.6. The van der Waals surface area contributed by atoms with Crippen LogP contribution < -0.4 is 4.74 Å². The predicted octanol–water partition coefficient (Wildman–Crippen LogP) is 1.72. The molecular formula is C14H17NO5. The van der Waals surface area contributed by atoms with E-state index in [1.165, 1.54) is 4.90 Å². The number of carbonyl (C=O) groups is 2. The number of amides is 1. The number of carboxylic acid groups (broad SMARTS) is 1. The zero-order chi connectivity index (χ0) is 14.9. The molecule has 1 atom stereocenters. The number of aryl methyl sites for hydroxylation is 2. The van der Waals surface area contributed by atoms with E-state index in [2.05, 4.69) is 0 Å². The van der Waals surface area contributed by atoms with Gasteiger partial charge in [-0.3, -0.25) is 4.90 Å². The molecule has 1 aromatic carbocycles. The first-order chi connectivity index (χ1) is 9.43. The topological polar surface area (TPSA) is 76.1 Å². The zero-order valence-electron chi connectivity index (χ0n) is 11.7. The summed E-state index contributed by atoms with van der Waals surface area (Å²) in [5.74, 6) is -0.288. The number of cyclic esters (lactones) is 1. The lowest BCUT2D eigenvalue weighted by molar-refractivity contribution is -0.141. The van der Waals surface area contributed by atoms with Crippen LogP contribution in [0, 0.1) is 13.8 Å². The Balaban J connectivity index is 2.27. The van der Waals surface area contributed by atoms with Crippen molar-refractivity contribution in [3.05, 3.63) is 28.8 Å². The van der Waals surface area contributed by atoms with Crippen LogP contribution in [0.3, 0.4) is 0 Å². The minimum Gasteiger partial charge on any atom is -0.496 e. The van der Waals surface area contributed by atoms with E-state index >= 15 is 0 Å². The molecule has 108 valence electrons. The summed E-state index contributed by atoms with van der Waals surface area (Å²) in [5.41, 5.74) is 2.76. The Morgan fingerprint density at radius 1 is 1.45 bits per heavy atom. The van der Waals surface area contributed by atoms with E-state index in [1.807, 2.05) is 26.0 Å². The van der Waals surface area contributed by atoms with Gasteiger partial charge in [-0.05, 0) is 36.6 Å². The third-order valence-electron chi connectivity index (χ3n) is 3.45. The van der Waals surface area contributed by atoms with Crippen LogP contribution in [0.4, 0.5) is 4.79 Å². The van der Waals surface area contributed by atoms with Crippen molar-refractivity contribution in [2.24, 2.45) is 0 Å². The lowest BCUT2D eigenvalue weighted by Crippen LogP contribution is -2.39. The molecule has 1 N–H and O–H groups in total. The van der Waals surface area contributed by atoms with Gasteiger partial charge < -0.3 is 14.6 Å². The molecule has 1 heterocycles. The molecule has 20 heavy (non-hydrogen) atoms. The largest absolute Gasteiger partial charge is 0.496 e. The second-order valence-corrected chi connectivity index (χ2v) is 4.81. The second-order valence-electron chi connectivity index (χ2n) is 4.81. The monoisotopic (exact) mass is 279 g/mol. The molecule has 0 spiro atoms. The third kappa shape index (κ3) is 2.54. The maximum Gasteiger partial charge on any atom is 0.411 e. The Labute approximate surface area is 116 Å². The van der Waals surface area contributed by atoms with Crippen molar-refractivity contribution in [2.75, 3.05) is 13.7 Å². The molecule has 6 heteroatoms. The van der Waals surface area contributed by atoms with E-state index in [0.717, 1.165) is 22.4 Å². The van der Waals surface area contributed by atoms with Crippen LogP contribution in [0.1, 0.15) is 16.7 Å². The number of hydrogen-bond acceptors (Lipinski definition) is 4. The van der Waals surface area contributed by atoms with Gasteiger partial charge in [0.15, 0.2) is 6.04 Å². The van der Waals surface area contributed by atoms with E-state index in [-0.39, 0.29) is 13.2 Å². The lowest BCUT2D eigenvalue weighted by atomic mass is 10.0. The van der Waals surface area contributed by atoms with Crippen molar-refractivity contribution in [3.63, 3.8) is 0 Å². The SMILES string of the molecule is COc1cc(C)c(CN2C(=O)OCC2C(=O)O)cc1C. The number of hydrogen-bond donors (Lipinski definition) is 1. The first kappa shape index (κ1) is 14.2. The first-order valence-corrected chi connectivity index (χ1v) is 6.24. The van der Waals surface area contributed by atoms with Crippen molar-refractivity contribution < 1.29 is 24.2 Å². The quantitative estimate of drug-likeness (QED) is 0.908. The molecule has 0 aromatic heterocycles. The minimum atomic E-state index is -1.06. The molecular weight excluding hydrogens is 262 g/mol. The van der Waals surface area contributed by atoms with Crippen LogP contribution in [-0.2, 0) is 16.1 Å². The number of carboxylic acids is 1. The molecule has 1 aliphatic rings. The summed E-state index contributed by atoms with van der Waals surface area (Å²) in [6.45, 7) is 3.90. The summed E-state index contributed by atoms with van der Waals surface area (Å²) in [6.07, 6.45) is -0.592. The van der Waals surface area contributed by atoms with Crippen LogP contribution in [0.5, 0.6) is 5.75 Å². The van der Waals surface area contributed by atoms with E-state index in [4.69, 9.17) is 14.6 Å². The highest BCUT2D eigenvalue weighted by molar-refractivity contribution is 5.82. The normalized spacial score (nSPS) is 18.1. The maximum absolute atomic E-state index is 11.6. The number of methoxy groups -OCH3 is 1.